The van der Waals surface area contributed by atoms with E-state index in [1.165, 1.54) is 0 Å². The van der Waals surface area contributed by atoms with E-state index in [1.54, 1.807) is 60.7 Å². The number of hydrogen-bond donors (Lipinski definition) is 4. The number of aliphatic hydroxyl groups excluding tert-OH is 4. The lowest BCUT2D eigenvalue weighted by Gasteiger charge is -2.22. The van der Waals surface area contributed by atoms with Crippen molar-refractivity contribution < 1.29 is 39.5 Å². The third-order valence-corrected chi connectivity index (χ3v) is 3.97. The van der Waals surface area contributed by atoms with Crippen LogP contribution < -0.4 is 0 Å². The van der Waals surface area contributed by atoms with Crippen molar-refractivity contribution in [1.82, 2.24) is 0 Å². The van der Waals surface area contributed by atoms with Gasteiger partial charge in [0.25, 0.3) is 0 Å². The van der Waals surface area contributed by atoms with Crippen molar-refractivity contribution >= 4 is 11.9 Å². The first-order valence-electron chi connectivity index (χ1n) is 8.56. The summed E-state index contributed by atoms with van der Waals surface area (Å²) in [5.41, 5.74) is 0.957. The Morgan fingerprint density at radius 3 is 1.29 bits per heavy atom. The number of ether oxygens (including phenoxy) is 2. The van der Waals surface area contributed by atoms with Crippen LogP contribution in [0.4, 0.5) is 0 Å². The first kappa shape index (κ1) is 21.5. The Bertz CT molecular complexity index is 684. The number of benzene rings is 2. The number of carbonyl (C=O) groups is 2. The molecule has 0 heterocycles. The molecule has 28 heavy (non-hydrogen) atoms. The van der Waals surface area contributed by atoms with Crippen LogP contribution in [0.15, 0.2) is 60.7 Å². The van der Waals surface area contributed by atoms with Crippen molar-refractivity contribution in [3.63, 3.8) is 0 Å². The zero-order valence-electron chi connectivity index (χ0n) is 14.9. The zero-order valence-corrected chi connectivity index (χ0v) is 14.9. The molecule has 8 heteroatoms. The molecule has 2 aromatic carbocycles. The number of carbonyl (C=O) groups excluding carboxylic acids is 2. The van der Waals surface area contributed by atoms with Crippen molar-refractivity contribution in [3.05, 3.63) is 71.8 Å². The van der Waals surface area contributed by atoms with Crippen LogP contribution in [0, 0.1) is 0 Å². The van der Waals surface area contributed by atoms with Gasteiger partial charge in [0.05, 0.1) is 13.2 Å². The number of rotatable bonds is 9. The van der Waals surface area contributed by atoms with E-state index in [2.05, 4.69) is 0 Å². The van der Waals surface area contributed by atoms with E-state index in [4.69, 9.17) is 9.47 Å². The summed E-state index contributed by atoms with van der Waals surface area (Å²) >= 11 is 0. The molecule has 0 fully saturated rings. The van der Waals surface area contributed by atoms with Gasteiger partial charge in [0.1, 0.15) is 12.2 Å². The summed E-state index contributed by atoms with van der Waals surface area (Å²) in [6.45, 7) is -1.10. The Morgan fingerprint density at radius 1 is 0.679 bits per heavy atom. The summed E-state index contributed by atoms with van der Waals surface area (Å²) in [4.78, 5) is 24.1. The van der Waals surface area contributed by atoms with Crippen molar-refractivity contribution in [3.8, 4) is 0 Å². The van der Waals surface area contributed by atoms with Gasteiger partial charge < -0.3 is 29.9 Å². The lowest BCUT2D eigenvalue weighted by atomic mass is 10.1. The van der Waals surface area contributed by atoms with Gasteiger partial charge in [-0.05, 0) is 11.1 Å². The van der Waals surface area contributed by atoms with Gasteiger partial charge in [-0.15, -0.1) is 0 Å². The molecule has 0 saturated carbocycles. The summed E-state index contributed by atoms with van der Waals surface area (Å²) < 4.78 is 9.96. The molecule has 0 bridgehead atoms. The van der Waals surface area contributed by atoms with Crippen molar-refractivity contribution in [2.24, 2.45) is 0 Å². The fraction of sp³-hybridized carbons (Fsp3) is 0.300. The van der Waals surface area contributed by atoms with Gasteiger partial charge in [-0.3, -0.25) is 0 Å². The Balaban J connectivity index is 1.98. The van der Waals surface area contributed by atoms with E-state index in [-0.39, 0.29) is 0 Å². The quantitative estimate of drug-likeness (QED) is 0.448. The number of aliphatic hydroxyl groups is 4. The smallest absolute Gasteiger partial charge is 0.339 e. The highest BCUT2D eigenvalue weighted by Gasteiger charge is 2.35. The molecule has 0 aliphatic carbocycles. The molecule has 2 rings (SSSR count). The van der Waals surface area contributed by atoms with Gasteiger partial charge in [-0.25, -0.2) is 9.59 Å². The summed E-state index contributed by atoms with van der Waals surface area (Å²) in [5.74, 6) is -2.60. The minimum absolute atomic E-state index is 0.479. The van der Waals surface area contributed by atoms with Crippen LogP contribution in [0.1, 0.15) is 23.3 Å². The van der Waals surface area contributed by atoms with Gasteiger partial charge >= 0.3 is 11.9 Å². The standard InChI is InChI=1S/C20H22O8/c21-11-15(13-7-3-1-4-8-13)27-19(25)17(23)18(24)20(26)28-16(12-22)14-9-5-2-6-10-14/h1-10,15-18,21-24H,11-12H2. The molecule has 0 amide bonds. The normalized spacial score (nSPS) is 15.1. The van der Waals surface area contributed by atoms with Crippen molar-refractivity contribution in [1.29, 1.82) is 0 Å². The third-order valence-electron chi connectivity index (χ3n) is 3.97. The molecule has 0 aromatic heterocycles. The molecule has 0 aliphatic rings. The van der Waals surface area contributed by atoms with E-state index >= 15 is 0 Å². The second kappa shape index (κ2) is 10.5. The largest absolute Gasteiger partial charge is 0.453 e. The number of hydrogen-bond acceptors (Lipinski definition) is 8. The van der Waals surface area contributed by atoms with Crippen LogP contribution in [0.5, 0.6) is 0 Å². The highest BCUT2D eigenvalue weighted by Crippen LogP contribution is 2.20. The average Bonchev–Trinajstić information content (AvgIpc) is 2.75. The van der Waals surface area contributed by atoms with Crippen LogP contribution in [-0.2, 0) is 19.1 Å². The van der Waals surface area contributed by atoms with E-state index < -0.39 is 49.6 Å². The maximum absolute atomic E-state index is 12.1. The Kier molecular flexibility index (Phi) is 8.09. The molecule has 0 radical (unpaired) electrons. The van der Waals surface area contributed by atoms with Crippen LogP contribution in [0.2, 0.25) is 0 Å². The van der Waals surface area contributed by atoms with E-state index in [0.29, 0.717) is 11.1 Å². The lowest BCUT2D eigenvalue weighted by molar-refractivity contribution is -0.181. The van der Waals surface area contributed by atoms with Crippen LogP contribution >= 0.6 is 0 Å². The third kappa shape index (κ3) is 5.61. The van der Waals surface area contributed by atoms with Crippen LogP contribution in [0.3, 0.4) is 0 Å². The SMILES string of the molecule is O=C(OC(CO)c1ccccc1)C(O)C(O)C(=O)OC(CO)c1ccccc1. The van der Waals surface area contributed by atoms with Crippen molar-refractivity contribution in [2.45, 2.75) is 24.4 Å². The highest BCUT2D eigenvalue weighted by atomic mass is 16.6. The highest BCUT2D eigenvalue weighted by molar-refractivity contribution is 5.85. The predicted molar refractivity (Wildman–Crippen MR) is 96.7 cm³/mol. The van der Waals surface area contributed by atoms with Crippen LogP contribution in [0.25, 0.3) is 0 Å². The molecular formula is C20H22O8. The molecule has 8 nitrogen and oxygen atoms in total. The molecule has 150 valence electrons. The molecule has 0 spiro atoms. The molecule has 4 N–H and O–H groups in total. The Labute approximate surface area is 161 Å². The minimum atomic E-state index is -2.22. The summed E-state index contributed by atoms with van der Waals surface area (Å²) in [6.07, 6.45) is -6.58. The zero-order chi connectivity index (χ0) is 20.5. The Morgan fingerprint density at radius 2 is 1.00 bits per heavy atom. The lowest BCUT2D eigenvalue weighted by Crippen LogP contribution is -2.42. The van der Waals surface area contributed by atoms with E-state index in [9.17, 15) is 30.0 Å². The van der Waals surface area contributed by atoms with Gasteiger partial charge in [0.15, 0.2) is 12.2 Å². The summed E-state index contributed by atoms with van der Waals surface area (Å²) in [5, 5.41) is 38.7. The molecule has 0 aliphatic heterocycles. The second-order valence-electron chi connectivity index (χ2n) is 5.93. The first-order chi connectivity index (χ1) is 13.5. The second-order valence-corrected chi connectivity index (χ2v) is 5.93. The number of esters is 2. The molecule has 4 unspecified atom stereocenters. The van der Waals surface area contributed by atoms with E-state index in [1.807, 2.05) is 0 Å². The molecular weight excluding hydrogens is 368 g/mol. The topological polar surface area (TPSA) is 134 Å². The maximum Gasteiger partial charge on any atom is 0.339 e. The monoisotopic (exact) mass is 390 g/mol. The van der Waals surface area contributed by atoms with E-state index in [0.717, 1.165) is 0 Å². The summed E-state index contributed by atoms with van der Waals surface area (Å²) in [7, 11) is 0. The molecule has 2 aromatic rings. The Hall–Kier alpha value is -2.78. The van der Waals surface area contributed by atoms with Gasteiger partial charge in [0, 0.05) is 0 Å². The first-order valence-corrected chi connectivity index (χ1v) is 8.56. The maximum atomic E-state index is 12.1. The fourth-order valence-corrected chi connectivity index (χ4v) is 2.43. The van der Waals surface area contributed by atoms with Gasteiger partial charge in [0.2, 0.25) is 0 Å². The molecule has 0 saturated heterocycles. The average molecular weight is 390 g/mol. The van der Waals surface area contributed by atoms with Gasteiger partial charge in [-0.2, -0.15) is 0 Å². The van der Waals surface area contributed by atoms with Crippen molar-refractivity contribution in [2.75, 3.05) is 13.2 Å². The van der Waals surface area contributed by atoms with Gasteiger partial charge in [-0.1, -0.05) is 60.7 Å². The predicted octanol–water partition coefficient (Wildman–Crippen LogP) is 0.262. The van der Waals surface area contributed by atoms with Crippen LogP contribution in [-0.4, -0.2) is 57.8 Å². The molecule has 4 atom stereocenters. The summed E-state index contributed by atoms with van der Waals surface area (Å²) in [6, 6.07) is 16.6. The fourth-order valence-electron chi connectivity index (χ4n) is 2.43. The minimum Gasteiger partial charge on any atom is -0.453 e.